The summed E-state index contributed by atoms with van der Waals surface area (Å²) in [6.45, 7) is 0.140. The zero-order valence-electron chi connectivity index (χ0n) is 8.78. The first-order valence-electron chi connectivity index (χ1n) is 4.44. The monoisotopic (exact) mass is 193 g/mol. The Bertz CT molecular complexity index is 304. The van der Waals surface area contributed by atoms with Crippen LogP contribution in [-0.4, -0.2) is 33.6 Å². The average molecular weight is 193 g/mol. The quantitative estimate of drug-likeness (QED) is 0.680. The Morgan fingerprint density at radius 2 is 1.86 bits per heavy atom. The van der Waals surface area contributed by atoms with Crippen molar-refractivity contribution in [1.29, 1.82) is 0 Å². The van der Waals surface area contributed by atoms with Gasteiger partial charge in [-0.25, -0.2) is 0 Å². The summed E-state index contributed by atoms with van der Waals surface area (Å²) in [7, 11) is 5.45. The molecule has 0 amide bonds. The molecule has 0 saturated carbocycles. The summed E-state index contributed by atoms with van der Waals surface area (Å²) in [5.41, 5.74) is 1.77. The molecule has 0 aliphatic carbocycles. The van der Waals surface area contributed by atoms with Crippen LogP contribution in [0.2, 0.25) is 0 Å². The van der Waals surface area contributed by atoms with Crippen LogP contribution in [0.15, 0.2) is 24.3 Å². The second-order valence-corrected chi connectivity index (χ2v) is 3.30. The van der Waals surface area contributed by atoms with E-state index < -0.39 is 0 Å². The molecule has 0 radical (unpaired) electrons. The van der Waals surface area contributed by atoms with Crippen molar-refractivity contribution < 1.29 is 9.53 Å². The molecule has 1 aromatic rings. The average Bonchev–Trinajstić information content (AvgIpc) is 2.18. The second-order valence-electron chi connectivity index (χ2n) is 3.30. The van der Waals surface area contributed by atoms with Crippen LogP contribution in [0, 0.1) is 0 Å². The van der Waals surface area contributed by atoms with Crippen molar-refractivity contribution in [2.75, 3.05) is 32.7 Å². The van der Waals surface area contributed by atoms with Crippen molar-refractivity contribution in [1.82, 2.24) is 0 Å². The van der Waals surface area contributed by atoms with Crippen LogP contribution < -0.4 is 4.90 Å². The number of methoxy groups -OCH3 is 1. The molecule has 1 rings (SSSR count). The van der Waals surface area contributed by atoms with Gasteiger partial charge >= 0.3 is 0 Å². The van der Waals surface area contributed by atoms with Gasteiger partial charge in [0.05, 0.1) is 0 Å². The van der Waals surface area contributed by atoms with Gasteiger partial charge in [0.2, 0.25) is 0 Å². The Labute approximate surface area is 84.3 Å². The standard InChI is InChI=1S/C11H15NO2/c1-12(2)10-6-4-9(5-7-10)11(13)8-14-3/h4-7H,8H2,1-3H3. The molecule has 3 nitrogen and oxygen atoms in total. The number of carbonyl (C=O) groups is 1. The minimum Gasteiger partial charge on any atom is -0.378 e. The van der Waals surface area contributed by atoms with Crippen LogP contribution in [0.5, 0.6) is 0 Å². The van der Waals surface area contributed by atoms with Crippen molar-refractivity contribution in [2.24, 2.45) is 0 Å². The van der Waals surface area contributed by atoms with E-state index in [1.807, 2.05) is 43.3 Å². The SMILES string of the molecule is COCC(=O)c1ccc(N(C)C)cc1. The van der Waals surface area contributed by atoms with Crippen molar-refractivity contribution >= 4 is 11.5 Å². The summed E-state index contributed by atoms with van der Waals surface area (Å²) in [6, 6.07) is 7.47. The number of nitrogens with zero attached hydrogens (tertiary/aromatic N) is 1. The molecule has 0 aliphatic heterocycles. The van der Waals surface area contributed by atoms with Crippen LogP contribution in [0.4, 0.5) is 5.69 Å². The fraction of sp³-hybridized carbons (Fsp3) is 0.364. The van der Waals surface area contributed by atoms with E-state index in [2.05, 4.69) is 0 Å². The number of hydrogen-bond acceptors (Lipinski definition) is 3. The molecule has 3 heteroatoms. The molecule has 76 valence electrons. The van der Waals surface area contributed by atoms with E-state index in [9.17, 15) is 4.79 Å². The number of ketones is 1. The molecule has 0 aliphatic rings. The minimum atomic E-state index is 0.0119. The number of hydrogen-bond donors (Lipinski definition) is 0. The number of benzene rings is 1. The van der Waals surface area contributed by atoms with Gasteiger partial charge in [-0.05, 0) is 24.3 Å². The van der Waals surface area contributed by atoms with Gasteiger partial charge in [0.1, 0.15) is 6.61 Å². The third-order valence-electron chi connectivity index (χ3n) is 1.98. The molecular formula is C11H15NO2. The van der Waals surface area contributed by atoms with E-state index in [-0.39, 0.29) is 12.4 Å². The number of rotatable bonds is 4. The Morgan fingerprint density at radius 3 is 2.29 bits per heavy atom. The Kier molecular flexibility index (Phi) is 3.65. The van der Waals surface area contributed by atoms with Crippen molar-refractivity contribution in [3.05, 3.63) is 29.8 Å². The van der Waals surface area contributed by atoms with Crippen LogP contribution in [0.3, 0.4) is 0 Å². The summed E-state index contributed by atoms with van der Waals surface area (Å²) >= 11 is 0. The van der Waals surface area contributed by atoms with Gasteiger partial charge < -0.3 is 9.64 Å². The molecule has 0 heterocycles. The van der Waals surface area contributed by atoms with E-state index in [4.69, 9.17) is 4.74 Å². The maximum absolute atomic E-state index is 11.4. The lowest BCUT2D eigenvalue weighted by Gasteiger charge is -2.12. The highest BCUT2D eigenvalue weighted by Gasteiger charge is 2.04. The van der Waals surface area contributed by atoms with Gasteiger partial charge in [0.25, 0.3) is 0 Å². The molecule has 14 heavy (non-hydrogen) atoms. The zero-order valence-corrected chi connectivity index (χ0v) is 8.78. The highest BCUT2D eigenvalue weighted by atomic mass is 16.5. The Hall–Kier alpha value is -1.35. The van der Waals surface area contributed by atoms with Crippen LogP contribution >= 0.6 is 0 Å². The fourth-order valence-corrected chi connectivity index (χ4v) is 1.16. The largest absolute Gasteiger partial charge is 0.378 e. The summed E-state index contributed by atoms with van der Waals surface area (Å²) < 4.78 is 4.78. The fourth-order valence-electron chi connectivity index (χ4n) is 1.16. The van der Waals surface area contributed by atoms with E-state index >= 15 is 0 Å². The second kappa shape index (κ2) is 4.77. The molecule has 0 atom stereocenters. The van der Waals surface area contributed by atoms with Gasteiger partial charge in [-0.15, -0.1) is 0 Å². The van der Waals surface area contributed by atoms with Gasteiger partial charge in [-0.2, -0.15) is 0 Å². The van der Waals surface area contributed by atoms with E-state index in [1.165, 1.54) is 7.11 Å². The molecule has 1 aromatic carbocycles. The maximum Gasteiger partial charge on any atom is 0.188 e. The number of ether oxygens (including phenoxy) is 1. The highest BCUT2D eigenvalue weighted by Crippen LogP contribution is 2.12. The van der Waals surface area contributed by atoms with Gasteiger partial charge in [-0.1, -0.05) is 0 Å². The van der Waals surface area contributed by atoms with E-state index in [0.29, 0.717) is 5.56 Å². The van der Waals surface area contributed by atoms with E-state index in [1.54, 1.807) is 0 Å². The summed E-state index contributed by atoms with van der Waals surface area (Å²) in [4.78, 5) is 13.4. The van der Waals surface area contributed by atoms with Gasteiger partial charge in [0, 0.05) is 32.5 Å². The first-order chi connectivity index (χ1) is 6.65. The van der Waals surface area contributed by atoms with Crippen LogP contribution in [0.25, 0.3) is 0 Å². The first-order valence-corrected chi connectivity index (χ1v) is 4.44. The van der Waals surface area contributed by atoms with Crippen molar-refractivity contribution in [3.8, 4) is 0 Å². The minimum absolute atomic E-state index is 0.0119. The predicted molar refractivity (Wildman–Crippen MR) is 57.0 cm³/mol. The number of Topliss-reactive ketones (excluding diaryl/α,β-unsaturated/α-hetero) is 1. The molecule has 0 saturated heterocycles. The molecular weight excluding hydrogens is 178 g/mol. The predicted octanol–water partition coefficient (Wildman–Crippen LogP) is 1.58. The highest BCUT2D eigenvalue weighted by molar-refractivity contribution is 5.97. The Morgan fingerprint density at radius 1 is 1.29 bits per heavy atom. The Balaban J connectivity index is 2.78. The first kappa shape index (κ1) is 10.7. The lowest BCUT2D eigenvalue weighted by atomic mass is 10.1. The topological polar surface area (TPSA) is 29.5 Å². The van der Waals surface area contributed by atoms with Crippen molar-refractivity contribution in [2.45, 2.75) is 0 Å². The smallest absolute Gasteiger partial charge is 0.188 e. The van der Waals surface area contributed by atoms with Gasteiger partial charge in [0.15, 0.2) is 5.78 Å². The molecule has 0 bridgehead atoms. The number of carbonyl (C=O) groups excluding carboxylic acids is 1. The zero-order chi connectivity index (χ0) is 10.6. The normalized spacial score (nSPS) is 9.93. The molecule has 0 aromatic heterocycles. The lowest BCUT2D eigenvalue weighted by Crippen LogP contribution is -2.10. The molecule has 0 spiro atoms. The lowest BCUT2D eigenvalue weighted by molar-refractivity contribution is 0.0848. The molecule has 0 N–H and O–H groups in total. The van der Waals surface area contributed by atoms with Crippen LogP contribution in [-0.2, 0) is 4.74 Å². The van der Waals surface area contributed by atoms with Crippen molar-refractivity contribution in [3.63, 3.8) is 0 Å². The van der Waals surface area contributed by atoms with E-state index in [0.717, 1.165) is 5.69 Å². The van der Waals surface area contributed by atoms with Crippen LogP contribution in [0.1, 0.15) is 10.4 Å². The third-order valence-corrected chi connectivity index (χ3v) is 1.98. The maximum atomic E-state index is 11.4. The van der Waals surface area contributed by atoms with Gasteiger partial charge in [-0.3, -0.25) is 4.79 Å². The summed E-state index contributed by atoms with van der Waals surface area (Å²) in [5, 5.41) is 0. The summed E-state index contributed by atoms with van der Waals surface area (Å²) in [5.74, 6) is 0.0119. The number of anilines is 1. The summed E-state index contributed by atoms with van der Waals surface area (Å²) in [6.07, 6.45) is 0. The third kappa shape index (κ3) is 2.57. The molecule has 0 fully saturated rings. The molecule has 0 unspecified atom stereocenters.